The van der Waals surface area contributed by atoms with Crippen molar-refractivity contribution >= 4 is 15.7 Å². The molecule has 1 amide bonds. The highest BCUT2D eigenvalue weighted by Crippen LogP contribution is 1.85. The van der Waals surface area contributed by atoms with Crippen molar-refractivity contribution in [2.45, 2.75) is 19.4 Å². The molecule has 0 saturated carbocycles. The van der Waals surface area contributed by atoms with Gasteiger partial charge in [0.15, 0.2) is 9.76 Å². The van der Waals surface area contributed by atoms with Crippen LogP contribution in [0, 0.1) is 0 Å². The number of nitrogens with one attached hydrogen (secondary N) is 1. The summed E-state index contributed by atoms with van der Waals surface area (Å²) < 4.78 is 4.98. The Hall–Kier alpha value is -0.353. The van der Waals surface area contributed by atoms with Crippen LogP contribution >= 0.6 is 0 Å². The van der Waals surface area contributed by atoms with Crippen molar-refractivity contribution < 1.29 is 9.22 Å². The van der Waals surface area contributed by atoms with Crippen LogP contribution in [0.2, 0.25) is 6.04 Å². The zero-order chi connectivity index (χ0) is 7.82. The number of amides is 1. The molecule has 0 aromatic carbocycles. The minimum Gasteiger partial charge on any atom is -0.427 e. The molecule has 0 saturated heterocycles. The number of rotatable bonds is 5. The molecule has 10 heavy (non-hydrogen) atoms. The Morgan fingerprint density at radius 3 is 2.90 bits per heavy atom. The van der Waals surface area contributed by atoms with Gasteiger partial charge in [0.25, 0.3) is 0 Å². The van der Waals surface area contributed by atoms with Crippen molar-refractivity contribution in [3.05, 3.63) is 0 Å². The van der Waals surface area contributed by atoms with Crippen molar-refractivity contribution in [2.75, 3.05) is 13.7 Å². The van der Waals surface area contributed by atoms with Gasteiger partial charge in [-0.3, -0.25) is 4.79 Å². The van der Waals surface area contributed by atoms with E-state index in [1.54, 1.807) is 7.11 Å². The molecule has 0 aliphatic carbocycles. The first-order valence-electron chi connectivity index (χ1n) is 3.50. The highest BCUT2D eigenvalue weighted by Gasteiger charge is 1.90. The summed E-state index contributed by atoms with van der Waals surface area (Å²) in [7, 11) is 1.47. The summed E-state index contributed by atoms with van der Waals surface area (Å²) in [4.78, 5) is 10.3. The van der Waals surface area contributed by atoms with E-state index >= 15 is 0 Å². The third kappa shape index (κ3) is 7.65. The third-order valence-corrected chi connectivity index (χ3v) is 2.35. The fraction of sp³-hybridized carbons (Fsp3) is 0.833. The lowest BCUT2D eigenvalue weighted by molar-refractivity contribution is -0.118. The number of carbonyl (C=O) groups is 1. The fourth-order valence-electron chi connectivity index (χ4n) is 0.636. The second-order valence-corrected chi connectivity index (χ2v) is 3.88. The highest BCUT2D eigenvalue weighted by molar-refractivity contribution is 6.26. The summed E-state index contributed by atoms with van der Waals surface area (Å²) in [5.74, 6) is 0.0547. The van der Waals surface area contributed by atoms with E-state index in [0.717, 1.165) is 19.0 Å². The van der Waals surface area contributed by atoms with E-state index in [0.29, 0.717) is 0 Å². The number of hydrogen-bond donors (Lipinski definition) is 1. The SMILES string of the molecule is CO[SiH2]CCCNC(C)=O. The van der Waals surface area contributed by atoms with Crippen molar-refractivity contribution in [3.63, 3.8) is 0 Å². The van der Waals surface area contributed by atoms with Crippen molar-refractivity contribution in [1.29, 1.82) is 0 Å². The van der Waals surface area contributed by atoms with Gasteiger partial charge in [0.05, 0.1) is 0 Å². The second-order valence-electron chi connectivity index (χ2n) is 2.18. The molecule has 0 radical (unpaired) electrons. The van der Waals surface area contributed by atoms with Gasteiger partial charge in [0.1, 0.15) is 0 Å². The van der Waals surface area contributed by atoms with E-state index in [1.807, 2.05) is 0 Å². The molecule has 0 atom stereocenters. The summed E-state index contributed by atoms with van der Waals surface area (Å²) in [6.45, 7) is 2.33. The predicted octanol–water partition coefficient (Wildman–Crippen LogP) is -0.339. The van der Waals surface area contributed by atoms with Gasteiger partial charge in [0.2, 0.25) is 5.91 Å². The summed E-state index contributed by atoms with van der Waals surface area (Å²) in [6, 6.07) is 1.15. The van der Waals surface area contributed by atoms with Gasteiger partial charge in [-0.05, 0) is 12.5 Å². The Morgan fingerprint density at radius 1 is 1.70 bits per heavy atom. The van der Waals surface area contributed by atoms with Crippen LogP contribution in [-0.4, -0.2) is 29.3 Å². The second kappa shape index (κ2) is 6.76. The van der Waals surface area contributed by atoms with Gasteiger partial charge in [-0.1, -0.05) is 0 Å². The molecular weight excluding hydrogens is 146 g/mol. The van der Waals surface area contributed by atoms with Crippen LogP contribution in [0.5, 0.6) is 0 Å². The molecule has 0 fully saturated rings. The van der Waals surface area contributed by atoms with Crippen LogP contribution in [0.25, 0.3) is 0 Å². The summed E-state index contributed by atoms with van der Waals surface area (Å²) in [5.41, 5.74) is 0. The largest absolute Gasteiger partial charge is 0.427 e. The van der Waals surface area contributed by atoms with E-state index < -0.39 is 0 Å². The predicted molar refractivity (Wildman–Crippen MR) is 43.7 cm³/mol. The molecule has 60 valence electrons. The van der Waals surface area contributed by atoms with Crippen molar-refractivity contribution in [3.8, 4) is 0 Å². The number of hydrogen-bond acceptors (Lipinski definition) is 2. The standard InChI is InChI=1S/C6H15NO2Si/c1-6(8)7-4-3-5-10-9-2/h3-5,10H2,1-2H3,(H,7,8). The molecular formula is C6H15NO2Si. The van der Waals surface area contributed by atoms with Crippen LogP contribution < -0.4 is 5.32 Å². The van der Waals surface area contributed by atoms with Gasteiger partial charge in [0, 0.05) is 20.6 Å². The maximum absolute atomic E-state index is 10.3. The zero-order valence-electron chi connectivity index (χ0n) is 6.64. The summed E-state index contributed by atoms with van der Waals surface area (Å²) in [5, 5.41) is 2.73. The van der Waals surface area contributed by atoms with Gasteiger partial charge >= 0.3 is 0 Å². The first-order valence-corrected chi connectivity index (χ1v) is 5.08. The lowest BCUT2D eigenvalue weighted by Gasteiger charge is -1.99. The molecule has 0 aliphatic heterocycles. The minimum absolute atomic E-state index is 0.0547. The maximum Gasteiger partial charge on any atom is 0.216 e. The van der Waals surface area contributed by atoms with E-state index in [9.17, 15) is 4.79 Å². The first-order chi connectivity index (χ1) is 4.77. The van der Waals surface area contributed by atoms with Crippen LogP contribution in [0.1, 0.15) is 13.3 Å². The van der Waals surface area contributed by atoms with Gasteiger partial charge in [-0.15, -0.1) is 0 Å². The quantitative estimate of drug-likeness (QED) is 0.442. The Balaban J connectivity index is 2.84. The normalized spacial score (nSPS) is 10.6. The van der Waals surface area contributed by atoms with E-state index in [1.165, 1.54) is 6.92 Å². The minimum atomic E-state index is -0.274. The molecule has 3 nitrogen and oxygen atoms in total. The monoisotopic (exact) mass is 161 g/mol. The summed E-state index contributed by atoms with van der Waals surface area (Å²) >= 11 is 0. The Morgan fingerprint density at radius 2 is 2.40 bits per heavy atom. The molecule has 0 unspecified atom stereocenters. The zero-order valence-corrected chi connectivity index (χ0v) is 8.06. The Kier molecular flexibility index (Phi) is 6.52. The van der Waals surface area contributed by atoms with Crippen molar-refractivity contribution in [2.24, 2.45) is 0 Å². The van der Waals surface area contributed by atoms with Crippen LogP contribution in [-0.2, 0) is 9.22 Å². The average molecular weight is 161 g/mol. The molecule has 0 rings (SSSR count). The smallest absolute Gasteiger partial charge is 0.216 e. The van der Waals surface area contributed by atoms with E-state index in [2.05, 4.69) is 5.32 Å². The lowest BCUT2D eigenvalue weighted by atomic mass is 10.5. The van der Waals surface area contributed by atoms with E-state index in [-0.39, 0.29) is 15.7 Å². The molecule has 0 spiro atoms. The average Bonchev–Trinajstić information content (AvgIpc) is 1.87. The summed E-state index contributed by atoms with van der Waals surface area (Å²) in [6.07, 6.45) is 1.06. The lowest BCUT2D eigenvalue weighted by Crippen LogP contribution is -2.21. The number of carbonyl (C=O) groups excluding carboxylic acids is 1. The van der Waals surface area contributed by atoms with Gasteiger partial charge in [-0.2, -0.15) is 0 Å². The first kappa shape index (κ1) is 9.65. The molecule has 1 N–H and O–H groups in total. The molecule has 4 heteroatoms. The molecule has 0 aromatic heterocycles. The molecule has 0 aromatic rings. The molecule has 0 heterocycles. The topological polar surface area (TPSA) is 38.3 Å². The molecule has 0 bridgehead atoms. The third-order valence-electron chi connectivity index (χ3n) is 1.15. The van der Waals surface area contributed by atoms with Crippen LogP contribution in [0.4, 0.5) is 0 Å². The Bertz CT molecular complexity index is 97.7. The van der Waals surface area contributed by atoms with Gasteiger partial charge in [-0.25, -0.2) is 0 Å². The fourth-order valence-corrected chi connectivity index (χ4v) is 1.38. The van der Waals surface area contributed by atoms with E-state index in [4.69, 9.17) is 4.43 Å². The Labute approximate surface area is 64.1 Å². The van der Waals surface area contributed by atoms with Crippen LogP contribution in [0.15, 0.2) is 0 Å². The maximum atomic E-state index is 10.3. The van der Waals surface area contributed by atoms with Gasteiger partial charge < -0.3 is 9.74 Å². The van der Waals surface area contributed by atoms with Crippen LogP contribution in [0.3, 0.4) is 0 Å². The highest BCUT2D eigenvalue weighted by atomic mass is 28.2. The molecule has 0 aliphatic rings. The van der Waals surface area contributed by atoms with Crippen molar-refractivity contribution in [1.82, 2.24) is 5.32 Å².